The third-order valence-electron chi connectivity index (χ3n) is 3.11. The normalized spacial score (nSPS) is 14.6. The fourth-order valence-corrected chi connectivity index (χ4v) is 2.80. The SMILES string of the molecule is Cc1ccc2sc(NCCC(=O)NC3CC3)nc2c1. The summed E-state index contributed by atoms with van der Waals surface area (Å²) in [6.45, 7) is 2.70. The molecule has 0 saturated heterocycles. The van der Waals surface area contributed by atoms with Crippen LogP contribution in [0.25, 0.3) is 10.2 Å². The molecule has 1 aliphatic carbocycles. The summed E-state index contributed by atoms with van der Waals surface area (Å²) < 4.78 is 1.18. The molecule has 0 aliphatic heterocycles. The van der Waals surface area contributed by atoms with E-state index in [1.807, 2.05) is 0 Å². The van der Waals surface area contributed by atoms with E-state index in [0.717, 1.165) is 23.5 Å². The van der Waals surface area contributed by atoms with Crippen molar-refractivity contribution in [2.24, 2.45) is 0 Å². The van der Waals surface area contributed by atoms with Crippen LogP contribution in [0.4, 0.5) is 5.13 Å². The number of aryl methyl sites for hydroxylation is 1. The number of amides is 1. The van der Waals surface area contributed by atoms with Crippen LogP contribution in [-0.2, 0) is 4.79 Å². The Hall–Kier alpha value is -1.62. The molecule has 3 rings (SSSR count). The first kappa shape index (κ1) is 12.4. The number of rotatable bonds is 5. The van der Waals surface area contributed by atoms with Crippen molar-refractivity contribution in [1.82, 2.24) is 10.3 Å². The molecule has 19 heavy (non-hydrogen) atoms. The number of carbonyl (C=O) groups excluding carboxylic acids is 1. The van der Waals surface area contributed by atoms with E-state index in [-0.39, 0.29) is 5.91 Å². The third-order valence-corrected chi connectivity index (χ3v) is 4.11. The molecule has 4 nitrogen and oxygen atoms in total. The van der Waals surface area contributed by atoms with E-state index >= 15 is 0 Å². The first-order valence-electron chi connectivity index (χ1n) is 6.61. The summed E-state index contributed by atoms with van der Waals surface area (Å²) in [5.74, 6) is 0.131. The van der Waals surface area contributed by atoms with Gasteiger partial charge in [0.2, 0.25) is 5.91 Å². The van der Waals surface area contributed by atoms with E-state index < -0.39 is 0 Å². The maximum Gasteiger partial charge on any atom is 0.221 e. The summed E-state index contributed by atoms with van der Waals surface area (Å²) in [6.07, 6.45) is 2.78. The van der Waals surface area contributed by atoms with Crippen LogP contribution in [0.5, 0.6) is 0 Å². The molecule has 0 radical (unpaired) electrons. The summed E-state index contributed by atoms with van der Waals surface area (Å²) in [4.78, 5) is 16.1. The molecule has 1 fully saturated rings. The quantitative estimate of drug-likeness (QED) is 0.882. The van der Waals surface area contributed by atoms with Gasteiger partial charge >= 0.3 is 0 Å². The first-order chi connectivity index (χ1) is 9.20. The standard InChI is InChI=1S/C14H17N3OS/c1-9-2-5-12-11(8-9)17-14(19-12)15-7-6-13(18)16-10-3-4-10/h2,5,8,10H,3-4,6-7H2,1H3,(H,15,17)(H,16,18). The predicted octanol–water partition coefficient (Wildman–Crippen LogP) is 2.69. The Bertz CT molecular complexity index is 604. The van der Waals surface area contributed by atoms with Gasteiger partial charge in [0.05, 0.1) is 10.2 Å². The molecule has 2 aromatic rings. The largest absolute Gasteiger partial charge is 0.361 e. The lowest BCUT2D eigenvalue weighted by Gasteiger charge is -2.03. The zero-order valence-corrected chi connectivity index (χ0v) is 11.7. The van der Waals surface area contributed by atoms with Gasteiger partial charge in [-0.1, -0.05) is 17.4 Å². The molecule has 1 amide bonds. The van der Waals surface area contributed by atoms with E-state index in [1.54, 1.807) is 11.3 Å². The summed E-state index contributed by atoms with van der Waals surface area (Å²) >= 11 is 1.63. The van der Waals surface area contributed by atoms with Crippen LogP contribution in [0.15, 0.2) is 18.2 Å². The monoisotopic (exact) mass is 275 g/mol. The minimum Gasteiger partial charge on any atom is -0.361 e. The minimum absolute atomic E-state index is 0.131. The smallest absolute Gasteiger partial charge is 0.221 e. The van der Waals surface area contributed by atoms with Crippen LogP contribution < -0.4 is 10.6 Å². The molecule has 0 unspecified atom stereocenters. The molecular formula is C14H17N3OS. The molecule has 0 bridgehead atoms. The number of hydrogen-bond donors (Lipinski definition) is 2. The maximum absolute atomic E-state index is 11.5. The highest BCUT2D eigenvalue weighted by molar-refractivity contribution is 7.22. The highest BCUT2D eigenvalue weighted by Gasteiger charge is 2.22. The van der Waals surface area contributed by atoms with Gasteiger partial charge in [-0.05, 0) is 37.5 Å². The van der Waals surface area contributed by atoms with Crippen molar-refractivity contribution in [2.75, 3.05) is 11.9 Å². The minimum atomic E-state index is 0.131. The number of benzene rings is 1. The lowest BCUT2D eigenvalue weighted by atomic mass is 10.2. The van der Waals surface area contributed by atoms with Crippen LogP contribution in [0.3, 0.4) is 0 Å². The average Bonchev–Trinajstić information content (AvgIpc) is 3.07. The number of fused-ring (bicyclic) bond motifs is 1. The van der Waals surface area contributed by atoms with Crippen LogP contribution in [-0.4, -0.2) is 23.5 Å². The van der Waals surface area contributed by atoms with E-state index in [0.29, 0.717) is 19.0 Å². The summed E-state index contributed by atoms with van der Waals surface area (Å²) in [5.41, 5.74) is 2.24. The number of nitrogens with zero attached hydrogens (tertiary/aromatic N) is 1. The van der Waals surface area contributed by atoms with Crippen molar-refractivity contribution in [3.05, 3.63) is 23.8 Å². The average molecular weight is 275 g/mol. The second-order valence-electron chi connectivity index (χ2n) is 5.01. The van der Waals surface area contributed by atoms with Crippen LogP contribution >= 0.6 is 11.3 Å². The van der Waals surface area contributed by atoms with Crippen molar-refractivity contribution < 1.29 is 4.79 Å². The summed E-state index contributed by atoms with van der Waals surface area (Å²) in [7, 11) is 0. The highest BCUT2D eigenvalue weighted by atomic mass is 32.1. The van der Waals surface area contributed by atoms with Crippen LogP contribution in [0, 0.1) is 6.92 Å². The van der Waals surface area contributed by atoms with Crippen LogP contribution in [0.2, 0.25) is 0 Å². The fraction of sp³-hybridized carbons (Fsp3) is 0.429. The Morgan fingerprint density at radius 3 is 3.11 bits per heavy atom. The van der Waals surface area contributed by atoms with E-state index in [1.165, 1.54) is 10.3 Å². The van der Waals surface area contributed by atoms with E-state index in [2.05, 4.69) is 40.7 Å². The first-order valence-corrected chi connectivity index (χ1v) is 7.43. The molecule has 100 valence electrons. The van der Waals surface area contributed by atoms with Gasteiger partial charge in [0.1, 0.15) is 0 Å². The van der Waals surface area contributed by atoms with Crippen molar-refractivity contribution >= 4 is 32.6 Å². The highest BCUT2D eigenvalue weighted by Crippen LogP contribution is 2.26. The van der Waals surface area contributed by atoms with Crippen molar-refractivity contribution in [3.63, 3.8) is 0 Å². The van der Waals surface area contributed by atoms with E-state index in [4.69, 9.17) is 0 Å². The van der Waals surface area contributed by atoms with Gasteiger partial charge in [0, 0.05) is 19.0 Å². The van der Waals surface area contributed by atoms with Gasteiger partial charge in [-0.25, -0.2) is 4.98 Å². The zero-order chi connectivity index (χ0) is 13.2. The molecule has 1 aromatic heterocycles. The Labute approximate surface area is 116 Å². The number of anilines is 1. The van der Waals surface area contributed by atoms with E-state index in [9.17, 15) is 4.79 Å². The summed E-state index contributed by atoms with van der Waals surface area (Å²) in [6, 6.07) is 6.70. The Kier molecular flexibility index (Phi) is 3.38. The number of nitrogens with one attached hydrogen (secondary N) is 2. The number of thiazole rings is 1. The van der Waals surface area contributed by atoms with Gasteiger partial charge in [0.15, 0.2) is 5.13 Å². The van der Waals surface area contributed by atoms with Gasteiger partial charge in [-0.2, -0.15) is 0 Å². The number of carbonyl (C=O) groups is 1. The topological polar surface area (TPSA) is 54.0 Å². The second-order valence-corrected chi connectivity index (χ2v) is 6.04. The predicted molar refractivity (Wildman–Crippen MR) is 78.6 cm³/mol. The zero-order valence-electron chi connectivity index (χ0n) is 10.9. The molecular weight excluding hydrogens is 258 g/mol. The fourth-order valence-electron chi connectivity index (χ4n) is 1.92. The molecule has 0 atom stereocenters. The van der Waals surface area contributed by atoms with Gasteiger partial charge in [-0.15, -0.1) is 0 Å². The van der Waals surface area contributed by atoms with Crippen molar-refractivity contribution in [1.29, 1.82) is 0 Å². The second kappa shape index (κ2) is 5.17. The van der Waals surface area contributed by atoms with Gasteiger partial charge in [0.25, 0.3) is 0 Å². The Morgan fingerprint density at radius 2 is 2.32 bits per heavy atom. The molecule has 1 aromatic carbocycles. The van der Waals surface area contributed by atoms with Crippen molar-refractivity contribution in [3.8, 4) is 0 Å². The lowest BCUT2D eigenvalue weighted by Crippen LogP contribution is -2.27. The Balaban J connectivity index is 1.54. The van der Waals surface area contributed by atoms with Gasteiger partial charge < -0.3 is 10.6 Å². The molecule has 1 heterocycles. The number of hydrogen-bond acceptors (Lipinski definition) is 4. The van der Waals surface area contributed by atoms with Crippen LogP contribution in [0.1, 0.15) is 24.8 Å². The molecule has 1 saturated carbocycles. The summed E-state index contributed by atoms with van der Waals surface area (Å²) in [5, 5.41) is 7.09. The Morgan fingerprint density at radius 1 is 1.47 bits per heavy atom. The molecule has 1 aliphatic rings. The van der Waals surface area contributed by atoms with Crippen molar-refractivity contribution in [2.45, 2.75) is 32.2 Å². The number of aromatic nitrogens is 1. The van der Waals surface area contributed by atoms with Gasteiger partial charge in [-0.3, -0.25) is 4.79 Å². The maximum atomic E-state index is 11.5. The molecule has 5 heteroatoms. The molecule has 2 N–H and O–H groups in total. The molecule has 0 spiro atoms. The third kappa shape index (κ3) is 3.23. The lowest BCUT2D eigenvalue weighted by molar-refractivity contribution is -0.120.